The third-order valence-corrected chi connectivity index (χ3v) is 4.24. The van der Waals surface area contributed by atoms with Gasteiger partial charge in [0.2, 0.25) is 5.91 Å². The highest BCUT2D eigenvalue weighted by molar-refractivity contribution is 5.78. The molecule has 2 unspecified atom stereocenters. The number of piperidine rings is 1. The van der Waals surface area contributed by atoms with Crippen LogP contribution in [0.15, 0.2) is 0 Å². The first-order valence-electron chi connectivity index (χ1n) is 7.50. The summed E-state index contributed by atoms with van der Waals surface area (Å²) >= 11 is 0. The Bertz CT molecular complexity index is 290. The van der Waals surface area contributed by atoms with Gasteiger partial charge in [0.1, 0.15) is 0 Å². The molecule has 5 heteroatoms. The van der Waals surface area contributed by atoms with Gasteiger partial charge in [0, 0.05) is 31.8 Å². The van der Waals surface area contributed by atoms with Gasteiger partial charge in [0.25, 0.3) is 0 Å². The smallest absolute Gasteiger partial charge is 0.234 e. The monoisotopic (exact) mass is 269 g/mol. The average Bonchev–Trinajstić information content (AvgIpc) is 2.40. The van der Waals surface area contributed by atoms with Crippen molar-refractivity contribution in [3.05, 3.63) is 0 Å². The lowest BCUT2D eigenvalue weighted by Crippen LogP contribution is -2.48. The molecule has 2 fully saturated rings. The van der Waals surface area contributed by atoms with E-state index in [1.165, 1.54) is 6.42 Å². The number of nitrogens with two attached hydrogens (primary N) is 1. The number of carbonyl (C=O) groups excluding carboxylic acids is 1. The molecule has 0 radical (unpaired) electrons. The van der Waals surface area contributed by atoms with E-state index in [9.17, 15) is 4.79 Å². The third-order valence-electron chi connectivity index (χ3n) is 4.24. The van der Waals surface area contributed by atoms with Crippen molar-refractivity contribution in [1.82, 2.24) is 10.2 Å². The SMILES string of the molecule is CC(N)C1CCCN(CC(=O)NC2CCOCC2)C1. The summed E-state index contributed by atoms with van der Waals surface area (Å²) < 4.78 is 5.30. The zero-order chi connectivity index (χ0) is 13.7. The molecule has 1 amide bonds. The zero-order valence-electron chi connectivity index (χ0n) is 11.9. The molecule has 110 valence electrons. The van der Waals surface area contributed by atoms with Gasteiger partial charge in [-0.2, -0.15) is 0 Å². The van der Waals surface area contributed by atoms with E-state index in [0.29, 0.717) is 18.5 Å². The molecule has 0 aromatic rings. The van der Waals surface area contributed by atoms with Crippen LogP contribution in [-0.2, 0) is 9.53 Å². The number of hydrogen-bond donors (Lipinski definition) is 2. The third kappa shape index (κ3) is 4.75. The van der Waals surface area contributed by atoms with Gasteiger partial charge in [-0.3, -0.25) is 9.69 Å². The largest absolute Gasteiger partial charge is 0.381 e. The van der Waals surface area contributed by atoms with Gasteiger partial charge in [-0.1, -0.05) is 0 Å². The zero-order valence-corrected chi connectivity index (χ0v) is 11.9. The van der Waals surface area contributed by atoms with Crippen molar-refractivity contribution in [3.8, 4) is 0 Å². The summed E-state index contributed by atoms with van der Waals surface area (Å²) in [5.74, 6) is 0.682. The predicted octanol–water partition coefficient (Wildman–Crippen LogP) is 0.341. The fraction of sp³-hybridized carbons (Fsp3) is 0.929. The van der Waals surface area contributed by atoms with E-state index in [0.717, 1.165) is 45.6 Å². The molecule has 2 rings (SSSR count). The molecule has 2 saturated heterocycles. The molecular formula is C14H27N3O2. The maximum atomic E-state index is 12.0. The van der Waals surface area contributed by atoms with Crippen molar-refractivity contribution in [2.45, 2.75) is 44.7 Å². The standard InChI is InChI=1S/C14H27N3O2/c1-11(15)12-3-2-6-17(9-12)10-14(18)16-13-4-7-19-8-5-13/h11-13H,2-10,15H2,1H3,(H,16,18). The molecule has 19 heavy (non-hydrogen) atoms. The molecule has 0 aliphatic carbocycles. The molecule has 3 N–H and O–H groups in total. The van der Waals surface area contributed by atoms with Crippen LogP contribution in [0.3, 0.4) is 0 Å². The maximum Gasteiger partial charge on any atom is 0.234 e. The van der Waals surface area contributed by atoms with Crippen molar-refractivity contribution >= 4 is 5.91 Å². The molecule has 0 spiro atoms. The van der Waals surface area contributed by atoms with Crippen LogP contribution in [-0.4, -0.2) is 55.7 Å². The molecule has 0 aromatic heterocycles. The van der Waals surface area contributed by atoms with Gasteiger partial charge in [-0.15, -0.1) is 0 Å². The van der Waals surface area contributed by atoms with Gasteiger partial charge >= 0.3 is 0 Å². The Morgan fingerprint density at radius 1 is 1.42 bits per heavy atom. The van der Waals surface area contributed by atoms with Gasteiger partial charge < -0.3 is 15.8 Å². The topological polar surface area (TPSA) is 67.6 Å². The minimum atomic E-state index is 0.150. The minimum absolute atomic E-state index is 0.150. The first-order chi connectivity index (χ1) is 9.15. The quantitative estimate of drug-likeness (QED) is 0.772. The Kier molecular flexibility index (Phi) is 5.60. The van der Waals surface area contributed by atoms with E-state index in [1.807, 2.05) is 0 Å². The molecular weight excluding hydrogens is 242 g/mol. The summed E-state index contributed by atoms with van der Waals surface area (Å²) in [6.07, 6.45) is 4.22. The highest BCUT2D eigenvalue weighted by atomic mass is 16.5. The molecule has 0 saturated carbocycles. The van der Waals surface area contributed by atoms with Crippen LogP contribution < -0.4 is 11.1 Å². The summed E-state index contributed by atoms with van der Waals surface area (Å²) in [5.41, 5.74) is 5.97. The van der Waals surface area contributed by atoms with E-state index in [2.05, 4.69) is 17.1 Å². The van der Waals surface area contributed by atoms with Gasteiger partial charge in [-0.05, 0) is 45.1 Å². The van der Waals surface area contributed by atoms with Crippen molar-refractivity contribution in [1.29, 1.82) is 0 Å². The van der Waals surface area contributed by atoms with Crippen LogP contribution in [0.5, 0.6) is 0 Å². The second-order valence-electron chi connectivity index (χ2n) is 5.95. The lowest BCUT2D eigenvalue weighted by molar-refractivity contribution is -0.124. The Morgan fingerprint density at radius 2 is 2.16 bits per heavy atom. The second-order valence-corrected chi connectivity index (χ2v) is 5.95. The number of amides is 1. The number of ether oxygens (including phenoxy) is 1. The van der Waals surface area contributed by atoms with Crippen LogP contribution in [0.4, 0.5) is 0 Å². The Hall–Kier alpha value is -0.650. The number of hydrogen-bond acceptors (Lipinski definition) is 4. The fourth-order valence-corrected chi connectivity index (χ4v) is 2.98. The fourth-order valence-electron chi connectivity index (χ4n) is 2.98. The molecule has 2 aliphatic heterocycles. The maximum absolute atomic E-state index is 12.0. The van der Waals surface area contributed by atoms with Crippen molar-refractivity contribution in [2.75, 3.05) is 32.8 Å². The lowest BCUT2D eigenvalue weighted by atomic mass is 9.92. The van der Waals surface area contributed by atoms with Gasteiger partial charge in [0.15, 0.2) is 0 Å². The number of nitrogens with zero attached hydrogens (tertiary/aromatic N) is 1. The first kappa shape index (κ1) is 14.8. The summed E-state index contributed by atoms with van der Waals surface area (Å²) in [6, 6.07) is 0.525. The summed E-state index contributed by atoms with van der Waals surface area (Å²) in [6.45, 7) is 6.09. The van der Waals surface area contributed by atoms with E-state index in [4.69, 9.17) is 10.5 Å². The van der Waals surface area contributed by atoms with E-state index >= 15 is 0 Å². The normalized spacial score (nSPS) is 28.0. The molecule has 2 heterocycles. The highest BCUT2D eigenvalue weighted by Crippen LogP contribution is 2.18. The number of likely N-dealkylation sites (tertiary alicyclic amines) is 1. The predicted molar refractivity (Wildman–Crippen MR) is 74.8 cm³/mol. The summed E-state index contributed by atoms with van der Waals surface area (Å²) in [7, 11) is 0. The second kappa shape index (κ2) is 7.22. The molecule has 5 nitrogen and oxygen atoms in total. The number of carbonyl (C=O) groups is 1. The van der Waals surface area contributed by atoms with Crippen LogP contribution in [0, 0.1) is 5.92 Å². The Morgan fingerprint density at radius 3 is 2.84 bits per heavy atom. The lowest BCUT2D eigenvalue weighted by Gasteiger charge is -2.34. The molecule has 2 aliphatic rings. The molecule has 2 atom stereocenters. The summed E-state index contributed by atoms with van der Waals surface area (Å²) in [5, 5.41) is 3.12. The average molecular weight is 269 g/mol. The van der Waals surface area contributed by atoms with E-state index in [1.54, 1.807) is 0 Å². The first-order valence-corrected chi connectivity index (χ1v) is 7.50. The van der Waals surface area contributed by atoms with E-state index in [-0.39, 0.29) is 11.9 Å². The van der Waals surface area contributed by atoms with Crippen LogP contribution in [0.25, 0.3) is 0 Å². The van der Waals surface area contributed by atoms with Crippen molar-refractivity contribution in [3.63, 3.8) is 0 Å². The van der Waals surface area contributed by atoms with Crippen LogP contribution in [0.2, 0.25) is 0 Å². The minimum Gasteiger partial charge on any atom is -0.381 e. The number of nitrogens with one attached hydrogen (secondary N) is 1. The summed E-state index contributed by atoms with van der Waals surface area (Å²) in [4.78, 5) is 14.3. The Balaban J connectivity index is 1.72. The van der Waals surface area contributed by atoms with Gasteiger partial charge in [-0.25, -0.2) is 0 Å². The Labute approximate surface area is 115 Å². The van der Waals surface area contributed by atoms with Crippen LogP contribution in [0.1, 0.15) is 32.6 Å². The molecule has 0 aromatic carbocycles. The van der Waals surface area contributed by atoms with Crippen molar-refractivity contribution < 1.29 is 9.53 Å². The highest BCUT2D eigenvalue weighted by Gasteiger charge is 2.24. The number of rotatable bonds is 4. The molecule has 0 bridgehead atoms. The van der Waals surface area contributed by atoms with Crippen molar-refractivity contribution in [2.24, 2.45) is 11.7 Å². The van der Waals surface area contributed by atoms with E-state index < -0.39 is 0 Å². The van der Waals surface area contributed by atoms with Crippen LogP contribution >= 0.6 is 0 Å². The van der Waals surface area contributed by atoms with Gasteiger partial charge in [0.05, 0.1) is 6.54 Å².